The average molecular weight is 296 g/mol. The van der Waals surface area contributed by atoms with E-state index in [1.807, 2.05) is 13.8 Å². The van der Waals surface area contributed by atoms with Crippen molar-refractivity contribution >= 4 is 11.9 Å². The monoisotopic (exact) mass is 296 g/mol. The molecule has 0 bridgehead atoms. The zero-order valence-corrected chi connectivity index (χ0v) is 15.2. The van der Waals surface area contributed by atoms with Crippen molar-refractivity contribution in [2.24, 2.45) is 17.4 Å². The maximum absolute atomic E-state index is 11.8. The van der Waals surface area contributed by atoms with E-state index in [0.717, 1.165) is 38.5 Å². The topological polar surface area (TPSA) is 95.4 Å². The number of hydrogen-bond donors (Lipinski definition) is 2. The van der Waals surface area contributed by atoms with Crippen molar-refractivity contribution in [1.29, 1.82) is 0 Å². The summed E-state index contributed by atoms with van der Waals surface area (Å²) in [6.07, 6.45) is 5.41. The van der Waals surface area contributed by atoms with Gasteiger partial charge in [0, 0.05) is 0 Å². The predicted octanol–water partition coefficient (Wildman–Crippen LogP) is -1.15. The normalized spacial score (nSPS) is 11.8. The number of esters is 2. The van der Waals surface area contributed by atoms with E-state index in [-0.39, 0.29) is 36.9 Å². The summed E-state index contributed by atoms with van der Waals surface area (Å²) < 4.78 is 4.88. The summed E-state index contributed by atoms with van der Waals surface area (Å²) in [6, 6.07) is -0.723. The maximum Gasteiger partial charge on any atom is 1.00 e. The molecule has 1 atom stereocenters. The van der Waals surface area contributed by atoms with Gasteiger partial charge in [0.25, 0.3) is 0 Å². The van der Waals surface area contributed by atoms with E-state index in [2.05, 4.69) is 0 Å². The minimum atomic E-state index is -0.723. The second-order valence-electron chi connectivity index (χ2n) is 4.91. The molecule has 0 aliphatic heterocycles. The van der Waals surface area contributed by atoms with Crippen molar-refractivity contribution in [2.45, 2.75) is 64.8 Å². The Hall–Kier alpha value is 0.0600. The van der Waals surface area contributed by atoms with Gasteiger partial charge < -0.3 is 17.6 Å². The molecule has 4 N–H and O–H groups in total. The van der Waals surface area contributed by atoms with Crippen molar-refractivity contribution in [3.8, 4) is 0 Å². The van der Waals surface area contributed by atoms with Crippen LogP contribution in [0.15, 0.2) is 0 Å². The number of unbranched alkanes of at least 4 members (excludes halogenated alkanes) is 1. The van der Waals surface area contributed by atoms with E-state index >= 15 is 0 Å². The molecule has 0 rings (SSSR count). The maximum atomic E-state index is 11.8. The van der Waals surface area contributed by atoms with Crippen molar-refractivity contribution in [3.63, 3.8) is 0 Å². The molecule has 0 aromatic carbocycles. The van der Waals surface area contributed by atoms with E-state index < -0.39 is 18.0 Å². The van der Waals surface area contributed by atoms with Crippen molar-refractivity contribution in [3.05, 3.63) is 0 Å². The zero-order valence-electron chi connectivity index (χ0n) is 14.2. The van der Waals surface area contributed by atoms with E-state index in [1.54, 1.807) is 0 Å². The molecule has 5 nitrogen and oxygen atoms in total. The third kappa shape index (κ3) is 9.88. The molecule has 0 heterocycles. The van der Waals surface area contributed by atoms with Gasteiger partial charge in [-0.25, -0.2) is 4.79 Å². The van der Waals surface area contributed by atoms with Crippen molar-refractivity contribution in [2.75, 3.05) is 6.54 Å². The van der Waals surface area contributed by atoms with Crippen LogP contribution in [0, 0.1) is 5.92 Å². The summed E-state index contributed by atoms with van der Waals surface area (Å²) >= 11 is 0. The molecule has 0 spiro atoms. The first-order valence-electron chi connectivity index (χ1n) is 7.27. The molecular formula is C14H29N2NaO3. The van der Waals surface area contributed by atoms with Gasteiger partial charge >= 0.3 is 41.5 Å². The van der Waals surface area contributed by atoms with Crippen LogP contribution in [0.25, 0.3) is 0 Å². The molecule has 0 aromatic heterocycles. The first-order valence-corrected chi connectivity index (χ1v) is 7.27. The number of carbonyl (C=O) groups excluding carboxylic acids is 2. The van der Waals surface area contributed by atoms with Gasteiger partial charge in [-0.3, -0.25) is 4.79 Å². The van der Waals surface area contributed by atoms with Crippen molar-refractivity contribution in [1.82, 2.24) is 0 Å². The minimum absolute atomic E-state index is 0. The quantitative estimate of drug-likeness (QED) is 0.230. The summed E-state index contributed by atoms with van der Waals surface area (Å²) in [5.74, 6) is -1.22. The summed E-state index contributed by atoms with van der Waals surface area (Å²) in [7, 11) is 0. The fourth-order valence-corrected chi connectivity index (χ4v) is 1.96. The van der Waals surface area contributed by atoms with Crippen LogP contribution in [0.2, 0.25) is 0 Å². The fraction of sp³-hybridized carbons (Fsp3) is 0.857. The van der Waals surface area contributed by atoms with Gasteiger partial charge in [0.05, 0.1) is 5.92 Å². The Balaban J connectivity index is -0.00000162. The summed E-state index contributed by atoms with van der Waals surface area (Å²) in [4.78, 5) is 23.5. The van der Waals surface area contributed by atoms with E-state index in [0.29, 0.717) is 13.0 Å². The molecule has 6 heteroatoms. The van der Waals surface area contributed by atoms with Gasteiger partial charge in [-0.15, -0.1) is 0 Å². The Labute approximate surface area is 145 Å². The molecule has 0 aliphatic rings. The largest absolute Gasteiger partial charge is 1.00 e. The number of rotatable bonds is 10. The number of carbonyl (C=O) groups is 2. The molecule has 114 valence electrons. The smallest absolute Gasteiger partial charge is 1.00 e. The Bertz CT molecular complexity index is 275. The second kappa shape index (κ2) is 14.0. The summed E-state index contributed by atoms with van der Waals surface area (Å²) in [5, 5.41) is 0. The van der Waals surface area contributed by atoms with E-state index in [9.17, 15) is 9.59 Å². The van der Waals surface area contributed by atoms with Crippen LogP contribution in [0.4, 0.5) is 0 Å². The molecule has 0 unspecified atom stereocenters. The van der Waals surface area contributed by atoms with Crippen LogP contribution >= 0.6 is 0 Å². The van der Waals surface area contributed by atoms with E-state index in [1.165, 1.54) is 0 Å². The fourth-order valence-electron chi connectivity index (χ4n) is 1.96. The van der Waals surface area contributed by atoms with Crippen molar-refractivity contribution < 1.29 is 45.3 Å². The van der Waals surface area contributed by atoms with Gasteiger partial charge in [0.2, 0.25) is 0 Å². The van der Waals surface area contributed by atoms with Crippen LogP contribution in [0.3, 0.4) is 0 Å². The number of ether oxygens (including phenoxy) is 1. The van der Waals surface area contributed by atoms with Gasteiger partial charge in [0.1, 0.15) is 6.04 Å². The van der Waals surface area contributed by atoms with Gasteiger partial charge in [-0.2, -0.15) is 0 Å². The Morgan fingerprint density at radius 3 is 2.05 bits per heavy atom. The standard InChI is InChI=1S/C14H28N2O3.Na.H/c1-3-7-11(8-4-2)13(17)19-14(18)12(16)9-5-6-10-15;;/h11-12H,3-10,15-16H2,1-2H3;;/q;+1;-1/t12-;;/m0../s1. The van der Waals surface area contributed by atoms with Crippen LogP contribution in [0.5, 0.6) is 0 Å². The molecular weight excluding hydrogens is 267 g/mol. The van der Waals surface area contributed by atoms with Crippen LogP contribution in [0.1, 0.15) is 60.2 Å². The third-order valence-corrected chi connectivity index (χ3v) is 3.08. The third-order valence-electron chi connectivity index (χ3n) is 3.08. The molecule has 0 saturated carbocycles. The first kappa shape index (κ1) is 22.3. The average Bonchev–Trinajstić information content (AvgIpc) is 2.38. The van der Waals surface area contributed by atoms with Gasteiger partial charge in [-0.1, -0.05) is 33.1 Å². The van der Waals surface area contributed by atoms with Gasteiger partial charge in [0.15, 0.2) is 0 Å². The molecule has 0 aliphatic carbocycles. The molecule has 20 heavy (non-hydrogen) atoms. The van der Waals surface area contributed by atoms with Crippen LogP contribution in [-0.2, 0) is 14.3 Å². The predicted molar refractivity (Wildman–Crippen MR) is 76.4 cm³/mol. The summed E-state index contributed by atoms with van der Waals surface area (Å²) in [5.41, 5.74) is 11.1. The molecule has 0 fully saturated rings. The van der Waals surface area contributed by atoms with Crippen LogP contribution in [-0.4, -0.2) is 24.5 Å². The minimum Gasteiger partial charge on any atom is -1.00 e. The van der Waals surface area contributed by atoms with Gasteiger partial charge in [-0.05, 0) is 32.2 Å². The molecule has 0 amide bonds. The molecule has 0 aromatic rings. The molecule has 0 saturated heterocycles. The Morgan fingerprint density at radius 1 is 1.05 bits per heavy atom. The zero-order chi connectivity index (χ0) is 14.7. The summed E-state index contributed by atoms with van der Waals surface area (Å²) in [6.45, 7) is 4.60. The first-order chi connectivity index (χ1) is 9.06. The SMILES string of the molecule is CCCC(CCC)C(=O)OC(=O)[C@@H](N)CCCCN.[H-].[Na+]. The van der Waals surface area contributed by atoms with E-state index in [4.69, 9.17) is 16.2 Å². The Morgan fingerprint density at radius 2 is 1.60 bits per heavy atom. The Kier molecular flexibility index (Phi) is 15.7. The number of hydrogen-bond acceptors (Lipinski definition) is 5. The molecule has 0 radical (unpaired) electrons. The second-order valence-corrected chi connectivity index (χ2v) is 4.91. The van der Waals surface area contributed by atoms with Crippen LogP contribution < -0.4 is 41.0 Å². The number of nitrogens with two attached hydrogens (primary N) is 2.